The minimum atomic E-state index is -0.707. The first kappa shape index (κ1) is 31.9. The van der Waals surface area contributed by atoms with Gasteiger partial charge in [0.2, 0.25) is 5.91 Å². The van der Waals surface area contributed by atoms with E-state index in [1.54, 1.807) is 6.07 Å². The van der Waals surface area contributed by atoms with Crippen LogP contribution in [0, 0.1) is 28.9 Å². The highest BCUT2D eigenvalue weighted by atomic mass is 35.5. The fraction of sp³-hybridized carbons (Fsp3) is 0.514. The molecule has 6 aliphatic rings. The number of aromatic nitrogens is 2. The van der Waals surface area contributed by atoms with E-state index in [0.29, 0.717) is 42.9 Å². The molecule has 14 heteroatoms. The van der Waals surface area contributed by atoms with Crippen LogP contribution in [0.3, 0.4) is 0 Å². The summed E-state index contributed by atoms with van der Waals surface area (Å²) in [5, 5.41) is 14.2. The molecule has 4 aromatic rings. The van der Waals surface area contributed by atoms with Crippen LogP contribution in [-0.2, 0) is 4.79 Å². The Bertz CT molecular complexity index is 2160. The van der Waals surface area contributed by atoms with Gasteiger partial charge in [0.25, 0.3) is 0 Å². The molecule has 0 radical (unpaired) electrons. The number of halogens is 3. The lowest BCUT2D eigenvalue weighted by Gasteiger charge is -2.42. The van der Waals surface area contributed by atoms with Gasteiger partial charge in [0.05, 0.1) is 20.8 Å². The molecule has 1 amide bonds. The minimum Gasteiger partial charge on any atom is -0.461 e. The Kier molecular flexibility index (Phi) is 7.24. The van der Waals surface area contributed by atoms with Crippen molar-refractivity contribution in [3.8, 4) is 23.2 Å². The number of likely N-dealkylation sites (tertiary alicyclic amines) is 1. The van der Waals surface area contributed by atoms with Crippen LogP contribution in [0.2, 0.25) is 5.02 Å². The zero-order valence-corrected chi connectivity index (χ0v) is 29.5. The summed E-state index contributed by atoms with van der Waals surface area (Å²) in [4.78, 5) is 30.0. The third-order valence-electron chi connectivity index (χ3n) is 12.4. The highest BCUT2D eigenvalue weighted by Crippen LogP contribution is 2.48. The number of hydrogen-bond donors (Lipinski definition) is 2. The monoisotopic (exact) mass is 730 g/mol. The average molecular weight is 731 g/mol. The molecule has 7 heterocycles. The second-order valence-electron chi connectivity index (χ2n) is 15.3. The molecule has 5 saturated heterocycles. The van der Waals surface area contributed by atoms with E-state index in [2.05, 4.69) is 21.2 Å². The number of carbonyl (C=O) groups is 1. The number of rotatable bonds is 7. The number of ether oxygens (including phenoxy) is 1. The molecular formula is C37H37ClF2N8O2S. The first-order valence-corrected chi connectivity index (χ1v) is 19.3. The Morgan fingerprint density at radius 3 is 2.59 bits per heavy atom. The van der Waals surface area contributed by atoms with Gasteiger partial charge in [-0.25, -0.2) is 8.78 Å². The number of fused-ring (bicyclic) bond motifs is 5. The molecule has 10 nitrogen and oxygen atoms in total. The van der Waals surface area contributed by atoms with Gasteiger partial charge in [-0.05, 0) is 88.1 Å². The number of thiophene rings is 1. The predicted molar refractivity (Wildman–Crippen MR) is 192 cm³/mol. The summed E-state index contributed by atoms with van der Waals surface area (Å²) in [5.41, 5.74) is 6.44. The lowest BCUT2D eigenvalue weighted by molar-refractivity contribution is -0.131. The second kappa shape index (κ2) is 11.6. The fourth-order valence-electron chi connectivity index (χ4n) is 9.70. The maximum atomic E-state index is 17.2. The summed E-state index contributed by atoms with van der Waals surface area (Å²) < 4.78 is 38.8. The van der Waals surface area contributed by atoms with Gasteiger partial charge in [-0.1, -0.05) is 17.7 Å². The van der Waals surface area contributed by atoms with Gasteiger partial charge >= 0.3 is 6.01 Å². The third kappa shape index (κ3) is 4.93. The van der Waals surface area contributed by atoms with Gasteiger partial charge in [-0.2, -0.15) is 15.2 Å². The number of amides is 1. The van der Waals surface area contributed by atoms with Crippen LogP contribution in [-0.4, -0.2) is 88.2 Å². The highest BCUT2D eigenvalue weighted by Gasteiger charge is 2.54. The van der Waals surface area contributed by atoms with Gasteiger partial charge in [0.15, 0.2) is 5.82 Å². The molecular weight excluding hydrogens is 694 g/mol. The Balaban J connectivity index is 1.08. The first-order chi connectivity index (χ1) is 24.7. The van der Waals surface area contributed by atoms with Gasteiger partial charge in [-0.15, -0.1) is 11.3 Å². The Morgan fingerprint density at radius 2 is 1.88 bits per heavy atom. The van der Waals surface area contributed by atoms with Crippen molar-refractivity contribution in [2.24, 2.45) is 5.92 Å². The topological polar surface area (TPSA) is 134 Å². The van der Waals surface area contributed by atoms with E-state index in [1.165, 1.54) is 25.0 Å². The molecule has 4 atom stereocenters. The van der Waals surface area contributed by atoms with E-state index >= 15 is 4.39 Å². The summed E-state index contributed by atoms with van der Waals surface area (Å²) in [6.07, 6.45) is 8.41. The van der Waals surface area contributed by atoms with Crippen molar-refractivity contribution < 1.29 is 18.3 Å². The van der Waals surface area contributed by atoms with E-state index in [4.69, 9.17) is 32.0 Å². The summed E-state index contributed by atoms with van der Waals surface area (Å²) in [6.45, 7) is 3.60. The minimum absolute atomic E-state index is 0.0101. The molecule has 5 aliphatic heterocycles. The number of hydrogen-bond acceptors (Lipinski definition) is 10. The number of piperazine rings is 1. The van der Waals surface area contributed by atoms with Crippen LogP contribution in [0.15, 0.2) is 18.2 Å². The summed E-state index contributed by atoms with van der Waals surface area (Å²) in [6, 6.07) is 6.71. The summed E-state index contributed by atoms with van der Waals surface area (Å²) in [7, 11) is 0. The SMILES string of the molecule is N#Cc1c(N)sc2c(F)ccc(-c3c(Cl)cc4c(N5C6CCC5CN(C(=O)[C@@H]5N[C@H]5C5CC5)C6)nc(OCC56CCCN5CCC6)nc4c3F)c12. The van der Waals surface area contributed by atoms with Crippen molar-refractivity contribution in [1.82, 2.24) is 25.1 Å². The van der Waals surface area contributed by atoms with Crippen LogP contribution >= 0.6 is 22.9 Å². The molecule has 0 spiro atoms. The predicted octanol–water partition coefficient (Wildman–Crippen LogP) is 5.83. The molecule has 10 rings (SSSR count). The van der Waals surface area contributed by atoms with Crippen molar-refractivity contribution in [3.63, 3.8) is 0 Å². The van der Waals surface area contributed by atoms with E-state index in [9.17, 15) is 14.4 Å². The quantitative estimate of drug-likeness (QED) is 0.225. The average Bonchev–Trinajstić information content (AvgIpc) is 3.98. The first-order valence-electron chi connectivity index (χ1n) is 18.1. The highest BCUT2D eigenvalue weighted by molar-refractivity contribution is 7.23. The van der Waals surface area contributed by atoms with Gasteiger partial charge in [0.1, 0.15) is 40.9 Å². The van der Waals surface area contributed by atoms with E-state index in [0.717, 1.165) is 63.0 Å². The molecule has 51 heavy (non-hydrogen) atoms. The molecule has 6 fully saturated rings. The molecule has 1 saturated carbocycles. The van der Waals surface area contributed by atoms with Gasteiger partial charge < -0.3 is 20.3 Å². The number of nitrogens with one attached hydrogen (secondary N) is 1. The zero-order chi connectivity index (χ0) is 34.8. The largest absolute Gasteiger partial charge is 0.461 e. The number of benzene rings is 2. The molecule has 2 unspecified atom stereocenters. The molecule has 2 aromatic carbocycles. The van der Waals surface area contributed by atoms with E-state index in [1.807, 2.05) is 4.90 Å². The van der Waals surface area contributed by atoms with Crippen LogP contribution in [0.4, 0.5) is 19.6 Å². The van der Waals surface area contributed by atoms with Crippen LogP contribution in [0.5, 0.6) is 6.01 Å². The van der Waals surface area contributed by atoms with Crippen LogP contribution < -0.4 is 20.7 Å². The van der Waals surface area contributed by atoms with Crippen molar-refractivity contribution in [3.05, 3.63) is 40.4 Å². The number of nitrogens with two attached hydrogens (primary N) is 1. The molecule has 2 bridgehead atoms. The van der Waals surface area contributed by atoms with Crippen molar-refractivity contribution in [1.29, 1.82) is 5.26 Å². The normalized spacial score (nSPS) is 26.6. The zero-order valence-electron chi connectivity index (χ0n) is 27.9. The number of nitrogens with zero attached hydrogens (tertiary/aromatic N) is 6. The van der Waals surface area contributed by atoms with Crippen molar-refractivity contribution >= 4 is 60.7 Å². The third-order valence-corrected chi connectivity index (χ3v) is 13.7. The lowest BCUT2D eigenvalue weighted by Crippen LogP contribution is -2.57. The lowest BCUT2D eigenvalue weighted by atomic mass is 9.95. The van der Waals surface area contributed by atoms with Gasteiger partial charge in [-0.3, -0.25) is 15.0 Å². The molecule has 264 valence electrons. The number of nitriles is 1. The van der Waals surface area contributed by atoms with E-state index < -0.39 is 11.6 Å². The Hall–Kier alpha value is -3.83. The standard InChI is InChI=1S/C37H37ClF2N8O2S/c38-24-13-22-30(28(40)27(24)21-7-8-25(39)32-26(21)23(14-41)33(42)51-32)44-36(50-17-37-9-1-11-47(37)12-2-10-37)45-34(22)48-19-5-6-20(48)16-46(15-19)35(49)31-29(43-31)18-3-4-18/h7-8,13,18-20,29,31,43H,1-6,9-12,15-17,42H2/t19?,20?,29-,31+/m0/s1. The fourth-order valence-corrected chi connectivity index (χ4v) is 10.9. The number of nitrogen functional groups attached to an aromatic ring is 1. The summed E-state index contributed by atoms with van der Waals surface area (Å²) in [5.74, 6) is 0.0806. The molecule has 1 aliphatic carbocycles. The van der Waals surface area contributed by atoms with E-state index in [-0.39, 0.29) is 77.9 Å². The number of anilines is 2. The van der Waals surface area contributed by atoms with Crippen LogP contribution in [0.25, 0.3) is 32.1 Å². The van der Waals surface area contributed by atoms with Crippen molar-refractivity contribution in [2.45, 2.75) is 81.1 Å². The van der Waals surface area contributed by atoms with Crippen LogP contribution in [0.1, 0.15) is 56.9 Å². The Morgan fingerprint density at radius 1 is 1.14 bits per heavy atom. The maximum Gasteiger partial charge on any atom is 0.319 e. The Labute approximate surface area is 302 Å². The molecule has 2 aromatic heterocycles. The second-order valence-corrected chi connectivity index (χ2v) is 16.7. The summed E-state index contributed by atoms with van der Waals surface area (Å²) >= 11 is 7.92. The number of carbonyl (C=O) groups excluding carboxylic acids is 1. The smallest absolute Gasteiger partial charge is 0.319 e. The van der Waals surface area contributed by atoms with Crippen molar-refractivity contribution in [2.75, 3.05) is 43.4 Å². The molecule has 3 N–H and O–H groups in total. The maximum absolute atomic E-state index is 17.2. The van der Waals surface area contributed by atoms with Gasteiger partial charge in [0, 0.05) is 47.6 Å².